The molecule has 0 aromatic heterocycles. The van der Waals surface area contributed by atoms with Crippen LogP contribution >= 0.6 is 0 Å². The highest BCUT2D eigenvalue weighted by Gasteiger charge is 2.57. The first-order chi connectivity index (χ1) is 12.1. The van der Waals surface area contributed by atoms with E-state index in [0.29, 0.717) is 13.0 Å². The summed E-state index contributed by atoms with van der Waals surface area (Å²) in [6.07, 6.45) is -1.31. The van der Waals surface area contributed by atoms with Crippen molar-refractivity contribution >= 4 is 21.0 Å². The van der Waals surface area contributed by atoms with E-state index < -0.39 is 32.6 Å². The Morgan fingerprint density at radius 2 is 1.81 bits per heavy atom. The largest absolute Gasteiger partial charge is 0.444 e. The fraction of sp³-hybridized carbons (Fsp3) is 0.895. The molecule has 1 fully saturated rings. The number of rotatable bonds is 5. The Morgan fingerprint density at radius 3 is 2.22 bits per heavy atom. The third-order valence-electron chi connectivity index (χ3n) is 4.86. The predicted molar refractivity (Wildman–Crippen MR) is 108 cm³/mol. The predicted octanol–water partition coefficient (Wildman–Crippen LogP) is 2.48. The monoisotopic (exact) mass is 402 g/mol. The lowest BCUT2D eigenvalue weighted by Gasteiger charge is -2.43. The zero-order valence-corrected chi connectivity index (χ0v) is 19.5. The summed E-state index contributed by atoms with van der Waals surface area (Å²) in [5.74, 6) is -0.184. The van der Waals surface area contributed by atoms with Crippen molar-refractivity contribution in [1.82, 2.24) is 10.2 Å². The number of carbonyl (C=O) groups excluding carboxylic acids is 2. The summed E-state index contributed by atoms with van der Waals surface area (Å²) in [5.41, 5.74) is -1.99. The number of nitrogens with one attached hydrogen (secondary N) is 1. The molecule has 0 aromatic carbocycles. The molecule has 2 amide bonds. The summed E-state index contributed by atoms with van der Waals surface area (Å²) >= 11 is 0. The van der Waals surface area contributed by atoms with Crippen molar-refractivity contribution in [2.45, 2.75) is 84.9 Å². The fourth-order valence-corrected chi connectivity index (χ4v) is 4.58. The summed E-state index contributed by atoms with van der Waals surface area (Å²) < 4.78 is 11.9. The lowest BCUT2D eigenvalue weighted by molar-refractivity contribution is -0.150. The maximum atomic E-state index is 13.0. The summed E-state index contributed by atoms with van der Waals surface area (Å²) in [6.45, 7) is 16.2. The Morgan fingerprint density at radius 1 is 1.26 bits per heavy atom. The number of amides is 2. The second-order valence-electron chi connectivity index (χ2n) is 9.76. The number of hydrogen-bond acceptors (Lipinski definition) is 5. The Kier molecular flexibility index (Phi) is 7.52. The molecule has 8 heteroatoms. The standard InChI is InChI=1S/C19H38N2O5Si/c1-17(2,3)13-11-19(26-27(8)9,14(22)10-15(23)20-7)21(12-13)16(24)25-18(4,5)6/h13-14,22,27H,10-12H2,1-9H3,(H,20,23)/t13-,14?,19-/m0/s1. The van der Waals surface area contributed by atoms with Gasteiger partial charge in [-0.05, 0) is 45.2 Å². The van der Waals surface area contributed by atoms with Crippen molar-refractivity contribution in [3.63, 3.8) is 0 Å². The molecule has 0 bridgehead atoms. The first-order valence-corrected chi connectivity index (χ1v) is 12.5. The van der Waals surface area contributed by atoms with E-state index in [1.54, 1.807) is 0 Å². The number of aliphatic hydroxyl groups excluding tert-OH is 1. The second-order valence-corrected chi connectivity index (χ2v) is 12.1. The molecular formula is C19H38N2O5Si. The molecule has 0 aliphatic carbocycles. The van der Waals surface area contributed by atoms with Gasteiger partial charge in [0.05, 0.1) is 6.42 Å². The van der Waals surface area contributed by atoms with Gasteiger partial charge >= 0.3 is 6.09 Å². The molecule has 0 spiro atoms. The number of carbonyl (C=O) groups is 2. The van der Waals surface area contributed by atoms with Gasteiger partial charge in [-0.15, -0.1) is 0 Å². The lowest BCUT2D eigenvalue weighted by Crippen LogP contribution is -2.60. The van der Waals surface area contributed by atoms with Crippen LogP contribution in [-0.4, -0.2) is 62.1 Å². The van der Waals surface area contributed by atoms with Crippen LogP contribution in [0.5, 0.6) is 0 Å². The highest BCUT2D eigenvalue weighted by atomic mass is 28.3. The van der Waals surface area contributed by atoms with Gasteiger partial charge < -0.3 is 19.6 Å². The van der Waals surface area contributed by atoms with E-state index in [9.17, 15) is 14.7 Å². The number of nitrogens with zero attached hydrogens (tertiary/aromatic N) is 1. The van der Waals surface area contributed by atoms with Crippen molar-refractivity contribution in [1.29, 1.82) is 0 Å². The Labute approximate surface area is 165 Å². The van der Waals surface area contributed by atoms with Gasteiger partial charge in [0.1, 0.15) is 11.7 Å². The SMILES string of the molecule is CNC(=O)CC(O)[C@@]1(O[SiH](C)C)C[C@H](C(C)(C)C)CN1C(=O)OC(C)(C)C. The van der Waals surface area contributed by atoms with E-state index in [1.807, 2.05) is 33.9 Å². The van der Waals surface area contributed by atoms with Gasteiger partial charge in [0.15, 0.2) is 14.8 Å². The highest BCUT2D eigenvalue weighted by Crippen LogP contribution is 2.46. The van der Waals surface area contributed by atoms with Crippen LogP contribution in [0, 0.1) is 11.3 Å². The molecular weight excluding hydrogens is 364 g/mol. The second kappa shape index (κ2) is 8.49. The topological polar surface area (TPSA) is 88.1 Å². The quantitative estimate of drug-likeness (QED) is 0.690. The molecule has 158 valence electrons. The summed E-state index contributed by atoms with van der Waals surface area (Å²) in [6, 6.07) is 0. The highest BCUT2D eigenvalue weighted by molar-refractivity contribution is 6.48. The first-order valence-electron chi connectivity index (χ1n) is 9.69. The molecule has 1 rings (SSSR count). The molecule has 0 saturated carbocycles. The van der Waals surface area contributed by atoms with Crippen LogP contribution in [0.25, 0.3) is 0 Å². The molecule has 0 aromatic rings. The van der Waals surface area contributed by atoms with Gasteiger partial charge in [-0.3, -0.25) is 9.69 Å². The van der Waals surface area contributed by atoms with E-state index in [1.165, 1.54) is 11.9 Å². The summed E-state index contributed by atoms with van der Waals surface area (Å²) in [5, 5.41) is 13.6. The molecule has 0 radical (unpaired) electrons. The zero-order valence-electron chi connectivity index (χ0n) is 18.4. The zero-order chi connectivity index (χ0) is 21.2. The van der Waals surface area contributed by atoms with Gasteiger partial charge in [0, 0.05) is 20.0 Å². The molecule has 1 unspecified atom stereocenters. The third kappa shape index (κ3) is 6.19. The molecule has 3 atom stereocenters. The summed E-state index contributed by atoms with van der Waals surface area (Å²) in [7, 11) is -0.130. The van der Waals surface area contributed by atoms with Gasteiger partial charge in [-0.25, -0.2) is 4.79 Å². The van der Waals surface area contributed by atoms with E-state index in [-0.39, 0.29) is 23.7 Å². The van der Waals surface area contributed by atoms with Crippen LogP contribution in [0.4, 0.5) is 4.79 Å². The molecule has 2 N–H and O–H groups in total. The summed E-state index contributed by atoms with van der Waals surface area (Å²) in [4.78, 5) is 26.5. The van der Waals surface area contributed by atoms with Crippen molar-refractivity contribution in [3.05, 3.63) is 0 Å². The average molecular weight is 403 g/mol. The van der Waals surface area contributed by atoms with E-state index >= 15 is 0 Å². The normalized spacial score (nSPS) is 24.9. The number of hydrogen-bond donors (Lipinski definition) is 2. The van der Waals surface area contributed by atoms with Gasteiger partial charge in [0.25, 0.3) is 0 Å². The van der Waals surface area contributed by atoms with E-state index in [4.69, 9.17) is 9.16 Å². The Hall–Kier alpha value is -1.12. The number of aliphatic hydroxyl groups is 1. The lowest BCUT2D eigenvalue weighted by atomic mass is 9.78. The average Bonchev–Trinajstić information content (AvgIpc) is 2.85. The Balaban J connectivity index is 3.36. The van der Waals surface area contributed by atoms with Gasteiger partial charge in [-0.1, -0.05) is 20.8 Å². The third-order valence-corrected chi connectivity index (χ3v) is 5.73. The van der Waals surface area contributed by atoms with Gasteiger partial charge in [0.2, 0.25) is 5.91 Å². The van der Waals surface area contributed by atoms with Crippen molar-refractivity contribution in [3.8, 4) is 0 Å². The maximum absolute atomic E-state index is 13.0. The van der Waals surface area contributed by atoms with Crippen LogP contribution in [-0.2, 0) is 14.0 Å². The number of ether oxygens (including phenoxy) is 1. The minimum atomic E-state index is -1.66. The van der Waals surface area contributed by atoms with E-state index in [0.717, 1.165) is 0 Å². The number of likely N-dealkylation sites (tertiary alicyclic amines) is 1. The molecule has 1 heterocycles. The Bertz CT molecular complexity index is 541. The molecule has 7 nitrogen and oxygen atoms in total. The van der Waals surface area contributed by atoms with Crippen LogP contribution in [0.3, 0.4) is 0 Å². The van der Waals surface area contributed by atoms with Crippen molar-refractivity contribution < 1.29 is 23.9 Å². The fourth-order valence-electron chi connectivity index (χ4n) is 3.38. The van der Waals surface area contributed by atoms with Crippen LogP contribution < -0.4 is 5.32 Å². The molecule has 1 aliphatic heterocycles. The minimum absolute atomic E-state index is 0.0867. The first kappa shape index (κ1) is 23.9. The van der Waals surface area contributed by atoms with Crippen LogP contribution in [0.15, 0.2) is 0 Å². The van der Waals surface area contributed by atoms with Crippen molar-refractivity contribution in [2.24, 2.45) is 11.3 Å². The van der Waals surface area contributed by atoms with Crippen molar-refractivity contribution in [2.75, 3.05) is 13.6 Å². The van der Waals surface area contributed by atoms with Gasteiger partial charge in [-0.2, -0.15) is 0 Å². The molecule has 27 heavy (non-hydrogen) atoms. The molecule has 1 saturated heterocycles. The van der Waals surface area contributed by atoms with E-state index in [2.05, 4.69) is 26.1 Å². The maximum Gasteiger partial charge on any atom is 0.412 e. The molecule has 1 aliphatic rings. The minimum Gasteiger partial charge on any atom is -0.444 e. The smallest absolute Gasteiger partial charge is 0.412 e. The van der Waals surface area contributed by atoms with Crippen LogP contribution in [0.1, 0.15) is 54.4 Å². The van der Waals surface area contributed by atoms with Crippen LogP contribution in [0.2, 0.25) is 13.1 Å².